The van der Waals surface area contributed by atoms with Crippen LogP contribution in [0.1, 0.15) is 67.2 Å². The molecular formula is C26H31N2O2+. The Morgan fingerprint density at radius 1 is 1.13 bits per heavy atom. The lowest BCUT2D eigenvalue weighted by Gasteiger charge is -2.53. The van der Waals surface area contributed by atoms with Gasteiger partial charge in [-0.1, -0.05) is 24.6 Å². The monoisotopic (exact) mass is 403 g/mol. The highest BCUT2D eigenvalue weighted by molar-refractivity contribution is 5.58. The molecule has 0 bridgehead atoms. The van der Waals surface area contributed by atoms with Gasteiger partial charge in [-0.15, -0.1) is 0 Å². The number of hydrogen-bond donors (Lipinski definition) is 2. The third kappa shape index (κ3) is 2.72. The van der Waals surface area contributed by atoms with E-state index in [-0.39, 0.29) is 5.41 Å². The van der Waals surface area contributed by atoms with E-state index in [4.69, 9.17) is 6.57 Å². The van der Waals surface area contributed by atoms with Gasteiger partial charge < -0.3 is 5.11 Å². The third-order valence-electron chi connectivity index (χ3n) is 8.99. The third-order valence-corrected chi connectivity index (χ3v) is 8.99. The Bertz CT molecular complexity index is 1020. The maximum absolute atomic E-state index is 11.9. The summed E-state index contributed by atoms with van der Waals surface area (Å²) in [5, 5.41) is 21.4. The molecule has 0 aliphatic heterocycles. The van der Waals surface area contributed by atoms with Crippen LogP contribution in [0.25, 0.3) is 4.85 Å². The quantitative estimate of drug-likeness (QED) is 0.426. The molecule has 5 atom stereocenters. The summed E-state index contributed by atoms with van der Waals surface area (Å²) in [6.07, 6.45) is 10.3. The number of nitrogens with zero attached hydrogens (tertiary/aromatic N) is 2. The minimum absolute atomic E-state index is 0.0673. The Hall–Kier alpha value is -2.38. The smallest absolute Gasteiger partial charge is 0.222 e. The van der Waals surface area contributed by atoms with E-state index < -0.39 is 5.60 Å². The second kappa shape index (κ2) is 6.82. The summed E-state index contributed by atoms with van der Waals surface area (Å²) in [5.74, 6) is 1.73. The van der Waals surface area contributed by atoms with Gasteiger partial charge in [0.05, 0.1) is 12.2 Å². The molecule has 3 aliphatic carbocycles. The van der Waals surface area contributed by atoms with E-state index >= 15 is 0 Å². The molecule has 1 aromatic heterocycles. The molecule has 0 spiro atoms. The molecule has 1 heterocycles. The number of rotatable bonds is 2. The first-order valence-electron chi connectivity index (χ1n) is 11.3. The van der Waals surface area contributed by atoms with Gasteiger partial charge in [0, 0.05) is 23.3 Å². The number of pyridine rings is 1. The predicted molar refractivity (Wildman–Crippen MR) is 115 cm³/mol. The number of aromatic nitrogens is 1. The highest BCUT2D eigenvalue weighted by Gasteiger charge is 2.61. The van der Waals surface area contributed by atoms with Crippen molar-refractivity contribution in [3.05, 3.63) is 70.3 Å². The maximum Gasteiger partial charge on any atom is 0.222 e. The minimum Gasteiger partial charge on any atom is -0.389 e. The van der Waals surface area contributed by atoms with Crippen molar-refractivity contribution < 1.29 is 15.0 Å². The van der Waals surface area contributed by atoms with Gasteiger partial charge in [0.2, 0.25) is 12.4 Å². The van der Waals surface area contributed by atoms with Crippen LogP contribution >= 0.6 is 0 Å². The SMILES string of the molecule is [C-]#[N+]c1ccc2c(c1C)CCC1C2CC[C@@]2(C)C1CC[C@@]2(O)Cc1cc[n+](O)cc1. The average molecular weight is 404 g/mol. The van der Waals surface area contributed by atoms with Crippen LogP contribution in [-0.4, -0.2) is 15.9 Å². The van der Waals surface area contributed by atoms with Crippen LogP contribution < -0.4 is 4.73 Å². The number of hydrogen-bond acceptors (Lipinski definition) is 2. The largest absolute Gasteiger partial charge is 0.389 e. The first-order chi connectivity index (χ1) is 14.4. The van der Waals surface area contributed by atoms with E-state index in [1.807, 2.05) is 18.2 Å². The summed E-state index contributed by atoms with van der Waals surface area (Å²) in [7, 11) is 0. The lowest BCUT2D eigenvalue weighted by atomic mass is 9.52. The highest BCUT2D eigenvalue weighted by Crippen LogP contribution is 2.65. The summed E-state index contributed by atoms with van der Waals surface area (Å²) in [5.41, 5.74) is 5.21. The normalized spacial score (nSPS) is 34.5. The zero-order valence-electron chi connectivity index (χ0n) is 17.9. The van der Waals surface area contributed by atoms with Crippen molar-refractivity contribution in [3.8, 4) is 0 Å². The van der Waals surface area contributed by atoms with Crippen LogP contribution in [0.15, 0.2) is 36.7 Å². The summed E-state index contributed by atoms with van der Waals surface area (Å²) in [4.78, 5) is 3.71. The number of benzene rings is 1. The van der Waals surface area contributed by atoms with Crippen LogP contribution in [0.5, 0.6) is 0 Å². The van der Waals surface area contributed by atoms with Gasteiger partial charge >= 0.3 is 0 Å². The molecule has 156 valence electrons. The van der Waals surface area contributed by atoms with Gasteiger partial charge in [0.25, 0.3) is 0 Å². The fourth-order valence-corrected chi connectivity index (χ4v) is 7.26. The fraction of sp³-hybridized carbons (Fsp3) is 0.538. The van der Waals surface area contributed by atoms with Crippen LogP contribution in [0.3, 0.4) is 0 Å². The van der Waals surface area contributed by atoms with Crippen molar-refractivity contribution in [1.29, 1.82) is 0 Å². The molecule has 2 fully saturated rings. The van der Waals surface area contributed by atoms with Crippen molar-refractivity contribution in [1.82, 2.24) is 0 Å². The van der Waals surface area contributed by atoms with Crippen molar-refractivity contribution in [3.63, 3.8) is 0 Å². The summed E-state index contributed by atoms with van der Waals surface area (Å²) in [6.45, 7) is 11.9. The minimum atomic E-state index is -0.686. The van der Waals surface area contributed by atoms with E-state index in [0.717, 1.165) is 48.1 Å². The second-order valence-electron chi connectivity index (χ2n) is 10.1. The Morgan fingerprint density at radius 2 is 1.90 bits per heavy atom. The topological polar surface area (TPSA) is 48.7 Å². The summed E-state index contributed by atoms with van der Waals surface area (Å²) >= 11 is 0. The Balaban J connectivity index is 1.45. The number of aliphatic hydroxyl groups is 1. The molecule has 2 aromatic rings. The predicted octanol–water partition coefficient (Wildman–Crippen LogP) is 4.90. The van der Waals surface area contributed by atoms with Gasteiger partial charge in [-0.2, -0.15) is 0 Å². The van der Waals surface area contributed by atoms with Crippen LogP contribution in [0, 0.1) is 30.7 Å². The van der Waals surface area contributed by atoms with Gasteiger partial charge in [0.15, 0.2) is 5.69 Å². The van der Waals surface area contributed by atoms with E-state index in [1.165, 1.54) is 23.1 Å². The van der Waals surface area contributed by atoms with Gasteiger partial charge in [0.1, 0.15) is 0 Å². The Kier molecular flexibility index (Phi) is 4.45. The molecule has 5 rings (SSSR count). The summed E-state index contributed by atoms with van der Waals surface area (Å²) in [6, 6.07) is 8.07. The first-order valence-corrected chi connectivity index (χ1v) is 11.3. The Labute approximate surface area is 179 Å². The van der Waals surface area contributed by atoms with E-state index in [9.17, 15) is 10.3 Å². The fourth-order valence-electron chi connectivity index (χ4n) is 7.26. The highest BCUT2D eigenvalue weighted by atomic mass is 16.5. The lowest BCUT2D eigenvalue weighted by molar-refractivity contribution is -0.904. The molecule has 2 saturated carbocycles. The number of fused-ring (bicyclic) bond motifs is 5. The standard InChI is InChI=1S/C26H31N2O2/c1-17-19-4-5-22-21(20(19)6-7-24(17)27-3)8-12-25(2)23(22)9-13-26(25,29)16-18-10-14-28(30)15-11-18/h6-7,10-11,14-15,21-23,29-30H,4-5,8-9,12-13,16H2,1-2H3/q+1/t21?,22?,23?,25-,26+/m0/s1. The van der Waals surface area contributed by atoms with Crippen molar-refractivity contribution in [2.24, 2.45) is 17.3 Å². The zero-order chi connectivity index (χ0) is 21.1. The molecule has 3 aliphatic rings. The van der Waals surface area contributed by atoms with Crippen molar-refractivity contribution >= 4 is 5.69 Å². The van der Waals surface area contributed by atoms with Crippen LogP contribution in [0.4, 0.5) is 5.69 Å². The second-order valence-corrected chi connectivity index (χ2v) is 10.1. The molecule has 1 aromatic carbocycles. The maximum atomic E-state index is 11.9. The molecule has 0 saturated heterocycles. The molecule has 0 radical (unpaired) electrons. The Morgan fingerprint density at radius 3 is 2.63 bits per heavy atom. The van der Waals surface area contributed by atoms with Gasteiger partial charge in [-0.3, -0.25) is 5.21 Å². The molecule has 4 heteroatoms. The van der Waals surface area contributed by atoms with Crippen LogP contribution in [0.2, 0.25) is 0 Å². The van der Waals surface area contributed by atoms with Gasteiger partial charge in [-0.05, 0) is 85.3 Å². The van der Waals surface area contributed by atoms with E-state index in [1.54, 1.807) is 12.4 Å². The average Bonchev–Trinajstić information content (AvgIpc) is 3.00. The molecule has 30 heavy (non-hydrogen) atoms. The molecule has 0 amide bonds. The van der Waals surface area contributed by atoms with E-state index in [2.05, 4.69) is 24.8 Å². The van der Waals surface area contributed by atoms with Crippen molar-refractivity contribution in [2.75, 3.05) is 0 Å². The molecule has 3 unspecified atom stereocenters. The molecule has 4 nitrogen and oxygen atoms in total. The first kappa shape index (κ1) is 19.6. The van der Waals surface area contributed by atoms with Crippen molar-refractivity contribution in [2.45, 2.75) is 70.3 Å². The molecular weight excluding hydrogens is 372 g/mol. The van der Waals surface area contributed by atoms with E-state index in [0.29, 0.717) is 24.2 Å². The molecule has 2 N–H and O–H groups in total. The zero-order valence-corrected chi connectivity index (χ0v) is 17.9. The van der Waals surface area contributed by atoms with Gasteiger partial charge in [-0.25, -0.2) is 4.85 Å². The lowest BCUT2D eigenvalue weighted by Crippen LogP contribution is -2.52. The van der Waals surface area contributed by atoms with Crippen LogP contribution in [-0.2, 0) is 12.8 Å². The summed E-state index contributed by atoms with van der Waals surface area (Å²) < 4.78 is 1.05.